The summed E-state index contributed by atoms with van der Waals surface area (Å²) < 4.78 is 0. The molecule has 0 saturated heterocycles. The monoisotopic (exact) mass is 210 g/mol. The summed E-state index contributed by atoms with van der Waals surface area (Å²) in [5, 5.41) is 10.9. The highest BCUT2D eigenvalue weighted by atomic mass is 16.3. The van der Waals surface area contributed by atoms with Crippen LogP contribution in [0.15, 0.2) is 0 Å². The van der Waals surface area contributed by atoms with Gasteiger partial charge in [-0.05, 0) is 43.4 Å². The van der Waals surface area contributed by atoms with E-state index in [2.05, 4.69) is 13.8 Å². The van der Waals surface area contributed by atoms with Gasteiger partial charge >= 0.3 is 0 Å². The Bertz CT molecular complexity index is 213. The third-order valence-electron chi connectivity index (χ3n) is 4.96. The molecule has 2 rings (SSSR count). The molecule has 0 heterocycles. The minimum Gasteiger partial charge on any atom is -0.389 e. The predicted octanol–water partition coefficient (Wildman–Crippen LogP) is 3.75. The normalized spacial score (nSPS) is 47.8. The van der Waals surface area contributed by atoms with Crippen LogP contribution in [0.1, 0.15) is 65.2 Å². The van der Waals surface area contributed by atoms with Crippen molar-refractivity contribution in [1.82, 2.24) is 0 Å². The molecule has 2 aliphatic rings. The van der Waals surface area contributed by atoms with Crippen LogP contribution >= 0.6 is 0 Å². The van der Waals surface area contributed by atoms with Crippen molar-refractivity contribution in [2.45, 2.75) is 70.8 Å². The molecule has 1 nitrogen and oxygen atoms in total. The molecule has 4 atom stereocenters. The molecule has 0 spiro atoms. The molecule has 0 bridgehead atoms. The average molecular weight is 210 g/mol. The van der Waals surface area contributed by atoms with Gasteiger partial charge in [-0.3, -0.25) is 0 Å². The summed E-state index contributed by atoms with van der Waals surface area (Å²) in [6.45, 7) is 4.61. The molecular formula is C14H26O. The first kappa shape index (κ1) is 11.4. The molecule has 1 heteroatoms. The standard InChI is InChI=1S/C14H26O/c1-11-6-5-8-13(10-11)14(15)9-4-3-7-12(14)2/h11-13,15H,3-10H2,1-2H3. The first-order valence-electron chi connectivity index (χ1n) is 6.85. The van der Waals surface area contributed by atoms with Crippen molar-refractivity contribution in [2.24, 2.45) is 17.8 Å². The summed E-state index contributed by atoms with van der Waals surface area (Å²) in [7, 11) is 0. The Morgan fingerprint density at radius 3 is 2.47 bits per heavy atom. The fraction of sp³-hybridized carbons (Fsp3) is 1.00. The molecule has 0 radical (unpaired) electrons. The van der Waals surface area contributed by atoms with E-state index in [1.807, 2.05) is 0 Å². The lowest BCUT2D eigenvalue weighted by Gasteiger charge is -2.46. The van der Waals surface area contributed by atoms with Crippen molar-refractivity contribution in [3.63, 3.8) is 0 Å². The Morgan fingerprint density at radius 2 is 1.80 bits per heavy atom. The average Bonchev–Trinajstić information content (AvgIpc) is 2.23. The van der Waals surface area contributed by atoms with Gasteiger partial charge in [0.05, 0.1) is 5.60 Å². The molecule has 0 aromatic heterocycles. The van der Waals surface area contributed by atoms with Crippen molar-refractivity contribution in [1.29, 1.82) is 0 Å². The van der Waals surface area contributed by atoms with Crippen LogP contribution in [0, 0.1) is 17.8 Å². The van der Waals surface area contributed by atoms with Crippen LogP contribution in [-0.4, -0.2) is 10.7 Å². The van der Waals surface area contributed by atoms with Gasteiger partial charge in [-0.15, -0.1) is 0 Å². The fourth-order valence-corrected chi connectivity index (χ4v) is 3.85. The fourth-order valence-electron chi connectivity index (χ4n) is 3.85. The van der Waals surface area contributed by atoms with E-state index in [9.17, 15) is 5.11 Å². The van der Waals surface area contributed by atoms with Crippen molar-refractivity contribution in [3.05, 3.63) is 0 Å². The SMILES string of the molecule is CC1CCCC(C2(O)CCCCC2C)C1. The highest BCUT2D eigenvalue weighted by molar-refractivity contribution is 4.95. The zero-order valence-corrected chi connectivity index (χ0v) is 10.3. The Morgan fingerprint density at radius 1 is 1.00 bits per heavy atom. The van der Waals surface area contributed by atoms with Gasteiger partial charge in [0, 0.05) is 0 Å². The topological polar surface area (TPSA) is 20.2 Å². The summed E-state index contributed by atoms with van der Waals surface area (Å²) in [4.78, 5) is 0. The second kappa shape index (κ2) is 4.45. The molecule has 0 aromatic carbocycles. The Hall–Kier alpha value is -0.0400. The minimum absolute atomic E-state index is 0.313. The quantitative estimate of drug-likeness (QED) is 0.699. The van der Waals surface area contributed by atoms with E-state index in [-0.39, 0.29) is 5.60 Å². The van der Waals surface area contributed by atoms with Crippen LogP contribution in [0.5, 0.6) is 0 Å². The highest BCUT2D eigenvalue weighted by Gasteiger charge is 2.43. The van der Waals surface area contributed by atoms with E-state index >= 15 is 0 Å². The van der Waals surface area contributed by atoms with Gasteiger partial charge in [-0.1, -0.05) is 39.5 Å². The van der Waals surface area contributed by atoms with Gasteiger partial charge in [0.25, 0.3) is 0 Å². The summed E-state index contributed by atoms with van der Waals surface area (Å²) >= 11 is 0. The van der Waals surface area contributed by atoms with E-state index in [1.165, 1.54) is 44.9 Å². The zero-order chi connectivity index (χ0) is 10.9. The van der Waals surface area contributed by atoms with Crippen molar-refractivity contribution in [3.8, 4) is 0 Å². The van der Waals surface area contributed by atoms with Crippen molar-refractivity contribution in [2.75, 3.05) is 0 Å². The maximum atomic E-state index is 10.9. The summed E-state index contributed by atoms with van der Waals surface area (Å²) in [5.41, 5.74) is -0.313. The van der Waals surface area contributed by atoms with E-state index in [4.69, 9.17) is 0 Å². The van der Waals surface area contributed by atoms with E-state index in [0.29, 0.717) is 11.8 Å². The third-order valence-corrected chi connectivity index (χ3v) is 4.96. The van der Waals surface area contributed by atoms with Crippen molar-refractivity contribution >= 4 is 0 Å². The lowest BCUT2D eigenvalue weighted by atomic mass is 9.63. The second-order valence-corrected chi connectivity index (χ2v) is 6.11. The van der Waals surface area contributed by atoms with Gasteiger partial charge in [-0.2, -0.15) is 0 Å². The Labute approximate surface area is 94.3 Å². The molecule has 2 aliphatic carbocycles. The number of hydrogen-bond acceptors (Lipinski definition) is 1. The van der Waals surface area contributed by atoms with Gasteiger partial charge in [0.1, 0.15) is 0 Å². The summed E-state index contributed by atoms with van der Waals surface area (Å²) in [6, 6.07) is 0. The maximum absolute atomic E-state index is 10.9. The first-order valence-corrected chi connectivity index (χ1v) is 6.85. The maximum Gasteiger partial charge on any atom is 0.0701 e. The number of hydrogen-bond donors (Lipinski definition) is 1. The van der Waals surface area contributed by atoms with Gasteiger partial charge in [0.2, 0.25) is 0 Å². The molecule has 88 valence electrons. The minimum atomic E-state index is -0.313. The third kappa shape index (κ3) is 2.22. The molecule has 2 fully saturated rings. The van der Waals surface area contributed by atoms with Gasteiger partial charge in [0.15, 0.2) is 0 Å². The van der Waals surface area contributed by atoms with Crippen LogP contribution in [-0.2, 0) is 0 Å². The summed E-state index contributed by atoms with van der Waals surface area (Å²) in [5.74, 6) is 1.96. The lowest BCUT2D eigenvalue weighted by molar-refractivity contribution is -0.103. The van der Waals surface area contributed by atoms with Gasteiger partial charge in [-0.25, -0.2) is 0 Å². The molecule has 0 aliphatic heterocycles. The first-order chi connectivity index (χ1) is 7.13. The van der Waals surface area contributed by atoms with Crippen LogP contribution in [0.3, 0.4) is 0 Å². The second-order valence-electron chi connectivity index (χ2n) is 6.11. The number of aliphatic hydroxyl groups is 1. The van der Waals surface area contributed by atoms with Gasteiger partial charge < -0.3 is 5.11 Å². The number of rotatable bonds is 1. The van der Waals surface area contributed by atoms with Crippen LogP contribution < -0.4 is 0 Å². The molecule has 1 N–H and O–H groups in total. The molecule has 4 unspecified atom stereocenters. The predicted molar refractivity (Wildman–Crippen MR) is 63.7 cm³/mol. The van der Waals surface area contributed by atoms with E-state index in [0.717, 1.165) is 12.3 Å². The van der Waals surface area contributed by atoms with E-state index < -0.39 is 0 Å². The molecule has 2 saturated carbocycles. The zero-order valence-electron chi connectivity index (χ0n) is 10.3. The van der Waals surface area contributed by atoms with Crippen LogP contribution in [0.25, 0.3) is 0 Å². The smallest absolute Gasteiger partial charge is 0.0701 e. The van der Waals surface area contributed by atoms with Crippen LogP contribution in [0.4, 0.5) is 0 Å². The Balaban J connectivity index is 2.05. The van der Waals surface area contributed by atoms with Crippen molar-refractivity contribution < 1.29 is 5.11 Å². The highest BCUT2D eigenvalue weighted by Crippen LogP contribution is 2.45. The van der Waals surface area contributed by atoms with Crippen LogP contribution in [0.2, 0.25) is 0 Å². The molecule has 0 aromatic rings. The molecule has 15 heavy (non-hydrogen) atoms. The lowest BCUT2D eigenvalue weighted by Crippen LogP contribution is -2.47. The Kier molecular flexibility index (Phi) is 3.39. The van der Waals surface area contributed by atoms with E-state index in [1.54, 1.807) is 0 Å². The molecule has 0 amide bonds. The summed E-state index contributed by atoms with van der Waals surface area (Å²) in [6.07, 6.45) is 10.1. The molecular weight excluding hydrogens is 184 g/mol. The largest absolute Gasteiger partial charge is 0.389 e.